The van der Waals surface area contributed by atoms with Crippen LogP contribution in [0.3, 0.4) is 0 Å². The Morgan fingerprint density at radius 3 is 2.33 bits per heavy atom. The molecule has 0 aliphatic heterocycles. The second-order valence-corrected chi connectivity index (χ2v) is 3.44. The van der Waals surface area contributed by atoms with E-state index in [9.17, 15) is 23.1 Å². The first-order chi connectivity index (χ1) is 8.41. The van der Waals surface area contributed by atoms with Gasteiger partial charge in [0.05, 0.1) is 17.9 Å². The fraction of sp³-hybridized carbons (Fsp3) is 0.0909. The standard InChI is InChI=1S/C11H7F3N2O2/c12-11(13,14)9-8(10(17)18)6-15-16(9)7-4-2-1-3-5-7/h1-6H,(H,17,18)/p-1. The van der Waals surface area contributed by atoms with E-state index in [4.69, 9.17) is 0 Å². The molecule has 18 heavy (non-hydrogen) atoms. The molecule has 0 saturated heterocycles. The van der Waals surface area contributed by atoms with Crippen LogP contribution >= 0.6 is 0 Å². The largest absolute Gasteiger partial charge is 0.545 e. The quantitative estimate of drug-likeness (QED) is 0.811. The lowest BCUT2D eigenvalue weighted by Crippen LogP contribution is -2.26. The van der Waals surface area contributed by atoms with Crippen molar-refractivity contribution in [3.8, 4) is 5.69 Å². The monoisotopic (exact) mass is 255 g/mol. The third-order valence-corrected chi connectivity index (χ3v) is 2.26. The van der Waals surface area contributed by atoms with Crippen molar-refractivity contribution in [3.05, 3.63) is 47.8 Å². The van der Waals surface area contributed by atoms with Crippen LogP contribution in [0.15, 0.2) is 36.5 Å². The molecule has 0 unspecified atom stereocenters. The summed E-state index contributed by atoms with van der Waals surface area (Å²) in [6, 6.07) is 7.45. The summed E-state index contributed by atoms with van der Waals surface area (Å²) in [5.41, 5.74) is -2.21. The summed E-state index contributed by atoms with van der Waals surface area (Å²) < 4.78 is 39.0. The SMILES string of the molecule is O=C([O-])c1cnn(-c2ccccc2)c1C(F)(F)F. The topological polar surface area (TPSA) is 57.9 Å². The number of nitrogens with zero attached hydrogens (tertiary/aromatic N) is 2. The van der Waals surface area contributed by atoms with Gasteiger partial charge in [-0.05, 0) is 12.1 Å². The third-order valence-electron chi connectivity index (χ3n) is 2.26. The molecule has 0 amide bonds. The predicted octanol–water partition coefficient (Wildman–Crippen LogP) is 1.25. The number of carboxylic acid groups (broad SMARTS) is 1. The van der Waals surface area contributed by atoms with E-state index >= 15 is 0 Å². The Bertz CT molecular complexity index is 576. The van der Waals surface area contributed by atoms with Gasteiger partial charge < -0.3 is 9.90 Å². The fourth-order valence-corrected chi connectivity index (χ4v) is 1.54. The van der Waals surface area contributed by atoms with Gasteiger partial charge in [0.1, 0.15) is 0 Å². The van der Waals surface area contributed by atoms with E-state index in [-0.39, 0.29) is 5.69 Å². The Kier molecular flexibility index (Phi) is 2.82. The molecule has 0 N–H and O–H groups in total. The average Bonchev–Trinajstić information content (AvgIpc) is 2.74. The van der Waals surface area contributed by atoms with Crippen LogP contribution in [0.2, 0.25) is 0 Å². The number of aromatic carboxylic acids is 1. The van der Waals surface area contributed by atoms with Crippen molar-refractivity contribution in [1.29, 1.82) is 0 Å². The Morgan fingerprint density at radius 2 is 1.83 bits per heavy atom. The minimum Gasteiger partial charge on any atom is -0.545 e. The number of carbonyl (C=O) groups is 1. The van der Waals surface area contributed by atoms with Crippen molar-refractivity contribution < 1.29 is 23.1 Å². The molecule has 0 aliphatic rings. The zero-order valence-corrected chi connectivity index (χ0v) is 8.81. The molecule has 1 aromatic heterocycles. The van der Waals surface area contributed by atoms with Crippen molar-refractivity contribution in [3.63, 3.8) is 0 Å². The number of para-hydroxylation sites is 1. The van der Waals surface area contributed by atoms with E-state index in [1.165, 1.54) is 24.3 Å². The molecule has 1 aromatic carbocycles. The summed E-state index contributed by atoms with van der Waals surface area (Å²) >= 11 is 0. The van der Waals surface area contributed by atoms with Crippen molar-refractivity contribution in [2.24, 2.45) is 0 Å². The van der Waals surface area contributed by atoms with Gasteiger partial charge in [0.2, 0.25) is 0 Å². The number of benzene rings is 1. The number of hydrogen-bond donors (Lipinski definition) is 0. The first kappa shape index (κ1) is 12.2. The highest BCUT2D eigenvalue weighted by Crippen LogP contribution is 2.33. The van der Waals surface area contributed by atoms with Crippen LogP contribution in [0.25, 0.3) is 5.69 Å². The van der Waals surface area contributed by atoms with Crippen molar-refractivity contribution >= 4 is 5.97 Å². The Balaban J connectivity index is 2.67. The number of alkyl halides is 3. The summed E-state index contributed by atoms with van der Waals surface area (Å²) in [7, 11) is 0. The summed E-state index contributed by atoms with van der Waals surface area (Å²) in [4.78, 5) is 10.6. The van der Waals surface area contributed by atoms with Gasteiger partial charge in [-0.1, -0.05) is 18.2 Å². The highest BCUT2D eigenvalue weighted by atomic mass is 19.4. The van der Waals surface area contributed by atoms with Gasteiger partial charge in [-0.25, -0.2) is 4.68 Å². The molecule has 4 nitrogen and oxygen atoms in total. The van der Waals surface area contributed by atoms with E-state index in [0.717, 1.165) is 0 Å². The second kappa shape index (κ2) is 4.17. The average molecular weight is 255 g/mol. The summed E-state index contributed by atoms with van der Waals surface area (Å²) in [5, 5.41) is 14.1. The van der Waals surface area contributed by atoms with E-state index < -0.39 is 23.4 Å². The maximum atomic E-state index is 12.8. The normalized spacial score (nSPS) is 11.5. The highest BCUT2D eigenvalue weighted by molar-refractivity contribution is 5.87. The smallest absolute Gasteiger partial charge is 0.434 e. The minimum atomic E-state index is -4.83. The molecule has 94 valence electrons. The van der Waals surface area contributed by atoms with Gasteiger partial charge in [-0.15, -0.1) is 0 Å². The maximum Gasteiger partial charge on any atom is 0.434 e. The van der Waals surface area contributed by atoms with E-state index in [0.29, 0.717) is 10.9 Å². The van der Waals surface area contributed by atoms with Gasteiger partial charge in [0, 0.05) is 5.56 Å². The Morgan fingerprint density at radius 1 is 1.22 bits per heavy atom. The van der Waals surface area contributed by atoms with Crippen molar-refractivity contribution in [2.75, 3.05) is 0 Å². The predicted molar refractivity (Wildman–Crippen MR) is 52.9 cm³/mol. The molecule has 2 rings (SSSR count). The molecule has 0 saturated carbocycles. The lowest BCUT2D eigenvalue weighted by Gasteiger charge is -2.12. The van der Waals surface area contributed by atoms with Gasteiger partial charge in [0.25, 0.3) is 0 Å². The molecule has 0 bridgehead atoms. The first-order valence-corrected chi connectivity index (χ1v) is 4.83. The van der Waals surface area contributed by atoms with Gasteiger partial charge in [-0.3, -0.25) is 0 Å². The Labute approximate surface area is 99.3 Å². The molecule has 7 heteroatoms. The lowest BCUT2D eigenvalue weighted by atomic mass is 10.2. The van der Waals surface area contributed by atoms with Crippen molar-refractivity contribution in [2.45, 2.75) is 6.18 Å². The van der Waals surface area contributed by atoms with Crippen molar-refractivity contribution in [1.82, 2.24) is 9.78 Å². The number of halogens is 3. The van der Waals surface area contributed by atoms with Crippen LogP contribution in [-0.2, 0) is 6.18 Å². The van der Waals surface area contributed by atoms with E-state index in [1.54, 1.807) is 6.07 Å². The zero-order valence-electron chi connectivity index (χ0n) is 8.81. The van der Waals surface area contributed by atoms with Gasteiger partial charge in [0.15, 0.2) is 5.69 Å². The summed E-state index contributed by atoms with van der Waals surface area (Å²) in [6.45, 7) is 0. The Hall–Kier alpha value is -2.31. The van der Waals surface area contributed by atoms with E-state index in [1.807, 2.05) is 0 Å². The zero-order chi connectivity index (χ0) is 13.3. The third kappa shape index (κ3) is 2.06. The summed E-state index contributed by atoms with van der Waals surface area (Å²) in [6.07, 6.45) is -4.20. The highest BCUT2D eigenvalue weighted by Gasteiger charge is 2.38. The number of carboxylic acids is 1. The van der Waals surface area contributed by atoms with Gasteiger partial charge in [-0.2, -0.15) is 18.3 Å². The summed E-state index contributed by atoms with van der Waals surface area (Å²) in [5.74, 6) is -1.91. The number of rotatable bonds is 2. The first-order valence-electron chi connectivity index (χ1n) is 4.83. The maximum absolute atomic E-state index is 12.8. The number of carbonyl (C=O) groups excluding carboxylic acids is 1. The molecule has 0 atom stereocenters. The lowest BCUT2D eigenvalue weighted by molar-refractivity contribution is -0.255. The molecular formula is C11H6F3N2O2-. The number of hydrogen-bond acceptors (Lipinski definition) is 3. The van der Waals surface area contributed by atoms with Crippen LogP contribution in [0.1, 0.15) is 16.1 Å². The van der Waals surface area contributed by atoms with Crippen LogP contribution in [0, 0.1) is 0 Å². The van der Waals surface area contributed by atoms with E-state index in [2.05, 4.69) is 5.10 Å². The van der Waals surface area contributed by atoms with Crippen LogP contribution in [-0.4, -0.2) is 15.7 Å². The molecule has 1 heterocycles. The number of aromatic nitrogens is 2. The molecule has 0 spiro atoms. The molecule has 0 fully saturated rings. The van der Waals surface area contributed by atoms with Crippen LogP contribution in [0.4, 0.5) is 13.2 Å². The molecule has 0 radical (unpaired) electrons. The molecule has 2 aromatic rings. The van der Waals surface area contributed by atoms with Crippen LogP contribution < -0.4 is 5.11 Å². The minimum absolute atomic E-state index is 0.123. The molecular weight excluding hydrogens is 249 g/mol. The second-order valence-electron chi connectivity index (χ2n) is 3.44. The molecule has 0 aliphatic carbocycles. The van der Waals surface area contributed by atoms with Gasteiger partial charge >= 0.3 is 6.18 Å². The fourth-order valence-electron chi connectivity index (χ4n) is 1.54. The van der Waals surface area contributed by atoms with Crippen LogP contribution in [0.5, 0.6) is 0 Å².